The Labute approximate surface area is 121 Å². The summed E-state index contributed by atoms with van der Waals surface area (Å²) in [4.78, 5) is 17.5. The number of hydrogen-bond donors (Lipinski definition) is 1. The molecule has 2 N–H and O–H groups in total. The summed E-state index contributed by atoms with van der Waals surface area (Å²) in [6, 6.07) is 6.78. The fraction of sp³-hybridized carbons (Fsp3) is 0.0833. The molecule has 0 radical (unpaired) electrons. The highest BCUT2D eigenvalue weighted by Gasteiger charge is 2.35. The van der Waals surface area contributed by atoms with E-state index in [0.717, 1.165) is 6.07 Å². The van der Waals surface area contributed by atoms with E-state index < -0.39 is 28.9 Å². The minimum absolute atomic E-state index is 0.000735. The van der Waals surface area contributed by atoms with E-state index in [4.69, 9.17) is 22.1 Å². The van der Waals surface area contributed by atoms with Gasteiger partial charge in [-0.25, -0.2) is 4.98 Å². The standard InChI is InChI=1S/C12H7ClF3N3O2/c13-8-5-9(19-11(18-8)12(14,15)16)21-7-4-2-1-3-6(7)10(17)20/h1-5H,(H2,17,20). The van der Waals surface area contributed by atoms with Crippen molar-refractivity contribution in [2.45, 2.75) is 6.18 Å². The number of carbonyl (C=O) groups excluding carboxylic acids is 1. The smallest absolute Gasteiger partial charge is 0.438 e. The third kappa shape index (κ3) is 3.60. The molecule has 1 heterocycles. The molecule has 21 heavy (non-hydrogen) atoms. The van der Waals surface area contributed by atoms with E-state index in [1.165, 1.54) is 24.3 Å². The Hall–Kier alpha value is -2.35. The second-order valence-corrected chi connectivity index (χ2v) is 4.20. The average molecular weight is 318 g/mol. The first kappa shape index (κ1) is 15.0. The van der Waals surface area contributed by atoms with Gasteiger partial charge in [-0.15, -0.1) is 0 Å². The van der Waals surface area contributed by atoms with Crippen molar-refractivity contribution in [3.63, 3.8) is 0 Å². The molecular formula is C12H7ClF3N3O2. The van der Waals surface area contributed by atoms with Gasteiger partial charge in [0.15, 0.2) is 0 Å². The van der Waals surface area contributed by atoms with Crippen molar-refractivity contribution in [1.29, 1.82) is 0 Å². The number of ether oxygens (including phenoxy) is 1. The lowest BCUT2D eigenvalue weighted by atomic mass is 10.2. The van der Waals surface area contributed by atoms with Crippen molar-refractivity contribution >= 4 is 17.5 Å². The molecule has 5 nitrogen and oxygen atoms in total. The molecule has 2 rings (SSSR count). The number of benzene rings is 1. The molecule has 1 aromatic heterocycles. The fourth-order valence-electron chi connectivity index (χ4n) is 1.45. The van der Waals surface area contributed by atoms with Crippen molar-refractivity contribution in [2.75, 3.05) is 0 Å². The van der Waals surface area contributed by atoms with Gasteiger partial charge in [0, 0.05) is 6.07 Å². The number of para-hydroxylation sites is 1. The van der Waals surface area contributed by atoms with E-state index in [-0.39, 0.29) is 11.3 Å². The van der Waals surface area contributed by atoms with E-state index in [0.29, 0.717) is 0 Å². The number of aromatic nitrogens is 2. The quantitative estimate of drug-likeness (QED) is 0.883. The number of rotatable bonds is 3. The van der Waals surface area contributed by atoms with Crippen molar-refractivity contribution in [3.05, 3.63) is 46.9 Å². The Kier molecular flexibility index (Phi) is 3.99. The van der Waals surface area contributed by atoms with Crippen LogP contribution in [0.15, 0.2) is 30.3 Å². The number of nitrogens with zero attached hydrogens (tertiary/aromatic N) is 2. The van der Waals surface area contributed by atoms with Gasteiger partial charge in [-0.05, 0) is 12.1 Å². The van der Waals surface area contributed by atoms with Gasteiger partial charge in [0.25, 0.3) is 5.91 Å². The van der Waals surface area contributed by atoms with E-state index in [9.17, 15) is 18.0 Å². The van der Waals surface area contributed by atoms with Crippen LogP contribution in [0.1, 0.15) is 16.2 Å². The number of alkyl halides is 3. The maximum atomic E-state index is 12.6. The summed E-state index contributed by atoms with van der Waals surface area (Å²) in [6.07, 6.45) is -4.77. The third-order valence-corrected chi connectivity index (χ3v) is 2.49. The van der Waals surface area contributed by atoms with E-state index in [2.05, 4.69) is 9.97 Å². The highest BCUT2D eigenvalue weighted by Crippen LogP contribution is 2.31. The Bertz CT molecular complexity index is 692. The Morgan fingerprint density at radius 3 is 2.52 bits per heavy atom. The van der Waals surface area contributed by atoms with Crippen LogP contribution in [0.2, 0.25) is 5.15 Å². The summed E-state index contributed by atoms with van der Waals surface area (Å²) in [5.41, 5.74) is 5.14. The number of hydrogen-bond acceptors (Lipinski definition) is 4. The second-order valence-electron chi connectivity index (χ2n) is 3.81. The first-order chi connectivity index (χ1) is 9.77. The Morgan fingerprint density at radius 2 is 1.90 bits per heavy atom. The van der Waals surface area contributed by atoms with Gasteiger partial charge < -0.3 is 10.5 Å². The molecule has 0 aliphatic heterocycles. The van der Waals surface area contributed by atoms with Gasteiger partial charge in [-0.3, -0.25) is 4.79 Å². The summed E-state index contributed by atoms with van der Waals surface area (Å²) in [5.74, 6) is -2.72. The van der Waals surface area contributed by atoms with Crippen LogP contribution in [0.4, 0.5) is 13.2 Å². The van der Waals surface area contributed by atoms with Crippen LogP contribution in [-0.4, -0.2) is 15.9 Å². The SMILES string of the molecule is NC(=O)c1ccccc1Oc1cc(Cl)nc(C(F)(F)F)n1. The molecule has 0 saturated carbocycles. The van der Waals surface area contributed by atoms with Crippen LogP contribution in [0.25, 0.3) is 0 Å². The number of amides is 1. The minimum atomic E-state index is -4.77. The van der Waals surface area contributed by atoms with Crippen molar-refractivity contribution in [2.24, 2.45) is 5.73 Å². The molecule has 0 saturated heterocycles. The predicted octanol–water partition coefficient (Wildman–Crippen LogP) is 3.04. The van der Waals surface area contributed by atoms with Gasteiger partial charge in [-0.2, -0.15) is 18.2 Å². The average Bonchev–Trinajstić information content (AvgIpc) is 2.37. The topological polar surface area (TPSA) is 78.1 Å². The molecule has 1 amide bonds. The predicted molar refractivity (Wildman–Crippen MR) is 67.1 cm³/mol. The molecule has 110 valence electrons. The summed E-state index contributed by atoms with van der Waals surface area (Å²) < 4.78 is 42.9. The van der Waals surface area contributed by atoms with Gasteiger partial charge >= 0.3 is 6.18 Å². The number of primary amides is 1. The van der Waals surface area contributed by atoms with Gasteiger partial charge in [0.2, 0.25) is 11.7 Å². The summed E-state index contributed by atoms with van der Waals surface area (Å²) in [6.45, 7) is 0. The van der Waals surface area contributed by atoms with E-state index in [1.54, 1.807) is 0 Å². The molecule has 0 spiro atoms. The van der Waals surface area contributed by atoms with Crippen LogP contribution in [0.5, 0.6) is 11.6 Å². The maximum Gasteiger partial charge on any atom is 0.451 e. The van der Waals surface area contributed by atoms with Crippen LogP contribution < -0.4 is 10.5 Å². The van der Waals surface area contributed by atoms with Crippen LogP contribution in [0.3, 0.4) is 0 Å². The highest BCUT2D eigenvalue weighted by atomic mass is 35.5. The minimum Gasteiger partial charge on any atom is -0.438 e. The van der Waals surface area contributed by atoms with Crippen molar-refractivity contribution in [3.8, 4) is 11.6 Å². The molecule has 0 atom stereocenters. The number of nitrogens with two attached hydrogens (primary N) is 1. The van der Waals surface area contributed by atoms with Crippen molar-refractivity contribution < 1.29 is 22.7 Å². The maximum absolute atomic E-state index is 12.6. The zero-order valence-electron chi connectivity index (χ0n) is 10.2. The normalized spacial score (nSPS) is 11.2. The Morgan fingerprint density at radius 1 is 1.24 bits per heavy atom. The number of halogens is 4. The molecule has 0 bridgehead atoms. The van der Waals surface area contributed by atoms with Crippen LogP contribution in [0, 0.1) is 0 Å². The third-order valence-electron chi connectivity index (χ3n) is 2.29. The molecular weight excluding hydrogens is 311 g/mol. The molecule has 0 unspecified atom stereocenters. The second kappa shape index (κ2) is 5.57. The molecule has 2 aromatic rings. The van der Waals surface area contributed by atoms with E-state index >= 15 is 0 Å². The molecule has 0 aliphatic rings. The van der Waals surface area contributed by atoms with Gasteiger partial charge in [0.05, 0.1) is 5.56 Å². The van der Waals surface area contributed by atoms with Gasteiger partial charge in [-0.1, -0.05) is 23.7 Å². The summed E-state index contributed by atoms with van der Waals surface area (Å²) in [7, 11) is 0. The molecule has 1 aromatic carbocycles. The Balaban J connectivity index is 2.41. The van der Waals surface area contributed by atoms with Crippen LogP contribution in [-0.2, 0) is 6.18 Å². The zero-order valence-corrected chi connectivity index (χ0v) is 10.9. The lowest BCUT2D eigenvalue weighted by Crippen LogP contribution is -2.13. The molecule has 0 aliphatic carbocycles. The lowest BCUT2D eigenvalue weighted by molar-refractivity contribution is -0.145. The number of carbonyl (C=O) groups is 1. The molecule has 9 heteroatoms. The molecule has 0 fully saturated rings. The lowest BCUT2D eigenvalue weighted by Gasteiger charge is -2.10. The first-order valence-electron chi connectivity index (χ1n) is 5.46. The highest BCUT2D eigenvalue weighted by molar-refractivity contribution is 6.29. The summed E-state index contributed by atoms with van der Waals surface area (Å²) >= 11 is 5.50. The van der Waals surface area contributed by atoms with Crippen LogP contribution >= 0.6 is 11.6 Å². The first-order valence-corrected chi connectivity index (χ1v) is 5.83. The largest absolute Gasteiger partial charge is 0.451 e. The van der Waals surface area contributed by atoms with Gasteiger partial charge in [0.1, 0.15) is 10.9 Å². The zero-order chi connectivity index (χ0) is 15.6. The monoisotopic (exact) mass is 317 g/mol. The van der Waals surface area contributed by atoms with E-state index in [1.807, 2.05) is 0 Å². The fourth-order valence-corrected chi connectivity index (χ4v) is 1.62. The van der Waals surface area contributed by atoms with Crippen molar-refractivity contribution in [1.82, 2.24) is 9.97 Å². The summed E-state index contributed by atoms with van der Waals surface area (Å²) in [5, 5.41) is -0.441.